The molecule has 2 atom stereocenters. The molecule has 8 aromatic carbocycles. The second kappa shape index (κ2) is 13.2. The molecule has 3 heteroatoms. The Morgan fingerprint density at radius 2 is 1.23 bits per heavy atom. The van der Waals surface area contributed by atoms with E-state index in [0.717, 1.165) is 22.4 Å². The van der Waals surface area contributed by atoms with E-state index in [-0.39, 0.29) is 11.3 Å². The van der Waals surface area contributed by atoms with E-state index in [2.05, 4.69) is 194 Å². The second-order valence-corrected chi connectivity index (χ2v) is 15.3. The van der Waals surface area contributed by atoms with E-state index in [9.17, 15) is 0 Å². The predicted molar refractivity (Wildman–Crippen MR) is 237 cm³/mol. The van der Waals surface area contributed by atoms with Gasteiger partial charge in [-0.3, -0.25) is 0 Å². The number of rotatable bonds is 6. The number of hydrogen-bond acceptors (Lipinski definition) is 2. The number of aromatic nitrogens is 2. The number of oxazole rings is 1. The van der Waals surface area contributed by atoms with Crippen LogP contribution in [0.2, 0.25) is 0 Å². The molecule has 1 aliphatic rings. The van der Waals surface area contributed by atoms with Gasteiger partial charge in [0, 0.05) is 33.4 Å². The van der Waals surface area contributed by atoms with E-state index in [1.165, 1.54) is 66.0 Å². The van der Waals surface area contributed by atoms with E-state index in [1.54, 1.807) is 0 Å². The first-order valence-corrected chi connectivity index (χ1v) is 19.7. The van der Waals surface area contributed by atoms with E-state index >= 15 is 0 Å². The van der Waals surface area contributed by atoms with Crippen molar-refractivity contribution in [1.29, 1.82) is 0 Å². The van der Waals surface area contributed by atoms with Crippen molar-refractivity contribution in [3.63, 3.8) is 0 Å². The number of allylic oxidation sites excluding steroid dienone is 4. The smallest absolute Gasteiger partial charge is 0.227 e. The molecule has 3 nitrogen and oxygen atoms in total. The fourth-order valence-electron chi connectivity index (χ4n) is 9.17. The quantitative estimate of drug-likeness (QED) is 0.171. The second-order valence-electron chi connectivity index (χ2n) is 15.3. The molecular formula is C54H38N2O. The van der Waals surface area contributed by atoms with E-state index in [1.807, 2.05) is 24.3 Å². The molecule has 0 spiro atoms. The summed E-state index contributed by atoms with van der Waals surface area (Å²) in [7, 11) is 0. The zero-order valence-electron chi connectivity index (χ0n) is 31.5. The maximum atomic E-state index is 6.08. The molecule has 11 rings (SSSR count). The average molecular weight is 731 g/mol. The Labute approximate surface area is 331 Å². The van der Waals surface area contributed by atoms with Crippen LogP contribution in [-0.2, 0) is 5.41 Å². The third kappa shape index (κ3) is 5.46. The van der Waals surface area contributed by atoms with E-state index in [4.69, 9.17) is 9.40 Å². The SMILES string of the molecule is CC1(c2ccccc2-c2ccc(-n3c4ccccc4c4cc(-c5cccc6ccccc56)ccc43)cc2)C=CC=CC1c1ccc(-c2nc3ccccc3o2)cc1. The summed E-state index contributed by atoms with van der Waals surface area (Å²) >= 11 is 0. The zero-order chi connectivity index (χ0) is 37.9. The Balaban J connectivity index is 0.951. The van der Waals surface area contributed by atoms with Gasteiger partial charge in [-0.25, -0.2) is 4.98 Å². The molecule has 0 amide bonds. The van der Waals surface area contributed by atoms with Gasteiger partial charge in [0.05, 0.1) is 11.0 Å². The molecule has 2 unspecified atom stereocenters. The first kappa shape index (κ1) is 33.1. The minimum Gasteiger partial charge on any atom is -0.436 e. The van der Waals surface area contributed by atoms with Gasteiger partial charge in [0.2, 0.25) is 5.89 Å². The summed E-state index contributed by atoms with van der Waals surface area (Å²) in [5, 5.41) is 5.03. The van der Waals surface area contributed by atoms with Crippen LogP contribution in [0.5, 0.6) is 0 Å². The average Bonchev–Trinajstić information content (AvgIpc) is 3.86. The van der Waals surface area contributed by atoms with Crippen molar-refractivity contribution < 1.29 is 4.42 Å². The lowest BCUT2D eigenvalue weighted by molar-refractivity contribution is 0.526. The molecule has 0 aliphatic heterocycles. The van der Waals surface area contributed by atoms with Crippen molar-refractivity contribution in [3.05, 3.63) is 217 Å². The summed E-state index contributed by atoms with van der Waals surface area (Å²) < 4.78 is 8.49. The van der Waals surface area contributed by atoms with Crippen LogP contribution in [0.3, 0.4) is 0 Å². The summed E-state index contributed by atoms with van der Waals surface area (Å²) in [6.07, 6.45) is 9.07. The minimum absolute atomic E-state index is 0.136. The number of para-hydroxylation sites is 3. The van der Waals surface area contributed by atoms with Crippen LogP contribution >= 0.6 is 0 Å². The standard InChI is InChI=1S/C54H38N2O/c1-54(34-11-10-19-47(54)38-24-26-39(27-25-38)53-55-49-21-7-9-23-52(49)57-53)48-20-6-4-16-44(48)37-28-31-41(32-29-37)56-50-22-8-5-17-45(50)46-35-40(30-33-51(46)56)43-18-12-14-36-13-2-3-15-42(36)43/h2-35,47H,1H3. The summed E-state index contributed by atoms with van der Waals surface area (Å²) in [6, 6.07) is 65.6. The largest absolute Gasteiger partial charge is 0.436 e. The maximum absolute atomic E-state index is 6.08. The molecule has 0 radical (unpaired) electrons. The predicted octanol–water partition coefficient (Wildman–Crippen LogP) is 14.2. The molecule has 0 fully saturated rings. The molecule has 1 aliphatic carbocycles. The number of hydrogen-bond donors (Lipinski definition) is 0. The van der Waals surface area contributed by atoms with Crippen LogP contribution < -0.4 is 0 Å². The van der Waals surface area contributed by atoms with E-state index < -0.39 is 0 Å². The van der Waals surface area contributed by atoms with Crippen molar-refractivity contribution in [1.82, 2.24) is 9.55 Å². The highest BCUT2D eigenvalue weighted by Gasteiger charge is 2.36. The molecule has 2 heterocycles. The normalized spacial score (nSPS) is 16.6. The Morgan fingerprint density at radius 1 is 0.544 bits per heavy atom. The van der Waals surface area contributed by atoms with Crippen LogP contribution in [-0.4, -0.2) is 9.55 Å². The van der Waals surface area contributed by atoms with Gasteiger partial charge < -0.3 is 8.98 Å². The Bertz CT molecular complexity index is 3160. The zero-order valence-corrected chi connectivity index (χ0v) is 31.5. The van der Waals surface area contributed by atoms with Crippen molar-refractivity contribution in [3.8, 4) is 39.4 Å². The third-order valence-electron chi connectivity index (χ3n) is 12.0. The number of fused-ring (bicyclic) bond motifs is 5. The molecule has 0 saturated carbocycles. The number of benzene rings is 8. The highest BCUT2D eigenvalue weighted by Crippen LogP contribution is 2.47. The molecular weight excluding hydrogens is 693 g/mol. The lowest BCUT2D eigenvalue weighted by Gasteiger charge is -2.38. The molecule has 10 aromatic rings. The number of nitrogens with zero attached hydrogens (tertiary/aromatic N) is 2. The third-order valence-corrected chi connectivity index (χ3v) is 12.0. The van der Waals surface area contributed by atoms with Crippen LogP contribution in [0.25, 0.3) is 83.1 Å². The van der Waals surface area contributed by atoms with Gasteiger partial charge in [-0.05, 0) is 98.8 Å². The van der Waals surface area contributed by atoms with E-state index in [0.29, 0.717) is 5.89 Å². The van der Waals surface area contributed by atoms with Crippen molar-refractivity contribution >= 4 is 43.7 Å². The molecule has 0 bridgehead atoms. The van der Waals surface area contributed by atoms with Gasteiger partial charge in [0.25, 0.3) is 0 Å². The summed E-state index contributed by atoms with van der Waals surface area (Å²) in [6.45, 7) is 2.37. The van der Waals surface area contributed by atoms with Crippen molar-refractivity contribution in [2.45, 2.75) is 18.3 Å². The van der Waals surface area contributed by atoms with Gasteiger partial charge in [-0.2, -0.15) is 0 Å². The van der Waals surface area contributed by atoms with Gasteiger partial charge in [0.1, 0.15) is 5.52 Å². The minimum atomic E-state index is -0.280. The molecule has 0 saturated heterocycles. The van der Waals surface area contributed by atoms with Crippen LogP contribution in [0.4, 0.5) is 0 Å². The Morgan fingerprint density at radius 3 is 2.11 bits per heavy atom. The van der Waals surface area contributed by atoms with Crippen LogP contribution in [0, 0.1) is 0 Å². The Kier molecular flexibility index (Phi) is 7.68. The molecule has 57 heavy (non-hydrogen) atoms. The lowest BCUT2D eigenvalue weighted by Crippen LogP contribution is -2.29. The van der Waals surface area contributed by atoms with Crippen molar-refractivity contribution in [2.24, 2.45) is 0 Å². The first-order valence-electron chi connectivity index (χ1n) is 19.7. The first-order chi connectivity index (χ1) is 28.1. The van der Waals surface area contributed by atoms with Gasteiger partial charge in [-0.15, -0.1) is 0 Å². The monoisotopic (exact) mass is 730 g/mol. The summed E-state index contributed by atoms with van der Waals surface area (Å²) in [4.78, 5) is 4.73. The highest BCUT2D eigenvalue weighted by atomic mass is 16.3. The van der Waals surface area contributed by atoms with Gasteiger partial charge in [0.15, 0.2) is 5.58 Å². The van der Waals surface area contributed by atoms with Gasteiger partial charge >= 0.3 is 0 Å². The lowest BCUT2D eigenvalue weighted by atomic mass is 9.65. The fraction of sp³-hybridized carbons (Fsp3) is 0.0556. The Hall–Kier alpha value is -7.23. The summed E-state index contributed by atoms with van der Waals surface area (Å²) in [5.41, 5.74) is 13.4. The molecule has 270 valence electrons. The van der Waals surface area contributed by atoms with Crippen LogP contribution in [0.1, 0.15) is 24.0 Å². The molecule has 2 aromatic heterocycles. The molecule has 0 N–H and O–H groups in total. The van der Waals surface area contributed by atoms with Crippen molar-refractivity contribution in [2.75, 3.05) is 0 Å². The fourth-order valence-corrected chi connectivity index (χ4v) is 9.17. The highest BCUT2D eigenvalue weighted by molar-refractivity contribution is 6.11. The summed E-state index contributed by atoms with van der Waals surface area (Å²) in [5.74, 6) is 0.780. The topological polar surface area (TPSA) is 31.0 Å². The van der Waals surface area contributed by atoms with Gasteiger partial charge in [-0.1, -0.05) is 159 Å². The maximum Gasteiger partial charge on any atom is 0.227 e. The van der Waals surface area contributed by atoms with Crippen LogP contribution in [0.15, 0.2) is 211 Å².